The maximum absolute atomic E-state index is 12.9. The number of hydrogen-bond donors (Lipinski definition) is 0. The molecule has 0 aliphatic heterocycles. The standard InChI is InChI=1S/C8H6BrFO2/c1-12-8-3-6(9)5(4-11)2-7(8)10/h2-4H,1H3. The van der Waals surface area contributed by atoms with Gasteiger partial charge in [0.2, 0.25) is 0 Å². The van der Waals surface area contributed by atoms with Crippen molar-refractivity contribution in [1.29, 1.82) is 0 Å². The molecule has 0 fully saturated rings. The summed E-state index contributed by atoms with van der Waals surface area (Å²) in [5.74, 6) is -0.421. The SMILES string of the molecule is COc1cc(Br)c(C=O)cc1F. The van der Waals surface area contributed by atoms with Gasteiger partial charge in [0, 0.05) is 10.0 Å². The molecule has 0 bridgehead atoms. The smallest absolute Gasteiger partial charge is 0.165 e. The van der Waals surface area contributed by atoms with Crippen molar-refractivity contribution in [3.05, 3.63) is 28.0 Å². The minimum atomic E-state index is -0.539. The topological polar surface area (TPSA) is 26.3 Å². The van der Waals surface area contributed by atoms with Crippen LogP contribution in [0.4, 0.5) is 4.39 Å². The lowest BCUT2D eigenvalue weighted by Crippen LogP contribution is -1.91. The summed E-state index contributed by atoms with van der Waals surface area (Å²) in [6, 6.07) is 2.54. The summed E-state index contributed by atoms with van der Waals surface area (Å²) in [6.07, 6.45) is 0.576. The van der Waals surface area contributed by atoms with Gasteiger partial charge in [-0.05, 0) is 28.1 Å². The summed E-state index contributed by atoms with van der Waals surface area (Å²) < 4.78 is 18.1. The fourth-order valence-corrected chi connectivity index (χ4v) is 1.21. The Hall–Kier alpha value is -0.900. The lowest BCUT2D eigenvalue weighted by atomic mass is 10.2. The van der Waals surface area contributed by atoms with E-state index in [0.29, 0.717) is 10.8 Å². The molecule has 0 saturated heterocycles. The molecular formula is C8H6BrFO2. The first-order valence-corrected chi connectivity index (χ1v) is 3.96. The predicted octanol–water partition coefficient (Wildman–Crippen LogP) is 2.41. The highest BCUT2D eigenvalue weighted by Crippen LogP contribution is 2.24. The Kier molecular flexibility index (Phi) is 2.81. The molecule has 4 heteroatoms. The molecule has 0 aromatic heterocycles. The van der Waals surface area contributed by atoms with Gasteiger partial charge in [-0.3, -0.25) is 4.79 Å². The van der Waals surface area contributed by atoms with E-state index in [1.165, 1.54) is 13.2 Å². The summed E-state index contributed by atoms with van der Waals surface area (Å²) in [5.41, 5.74) is 0.272. The number of hydrogen-bond acceptors (Lipinski definition) is 2. The highest BCUT2D eigenvalue weighted by Gasteiger charge is 2.07. The van der Waals surface area contributed by atoms with E-state index >= 15 is 0 Å². The molecule has 0 saturated carbocycles. The number of benzene rings is 1. The minimum absolute atomic E-state index is 0.118. The fraction of sp³-hybridized carbons (Fsp3) is 0.125. The van der Waals surface area contributed by atoms with E-state index in [-0.39, 0.29) is 11.3 Å². The van der Waals surface area contributed by atoms with Gasteiger partial charge in [-0.1, -0.05) is 0 Å². The largest absolute Gasteiger partial charge is 0.494 e. The van der Waals surface area contributed by atoms with Crippen molar-refractivity contribution in [2.24, 2.45) is 0 Å². The van der Waals surface area contributed by atoms with Gasteiger partial charge in [-0.2, -0.15) is 0 Å². The van der Waals surface area contributed by atoms with Crippen LogP contribution in [0.2, 0.25) is 0 Å². The molecule has 1 aromatic rings. The second-order valence-electron chi connectivity index (χ2n) is 2.13. The maximum Gasteiger partial charge on any atom is 0.165 e. The molecule has 12 heavy (non-hydrogen) atoms. The molecule has 0 unspecified atom stereocenters. The number of rotatable bonds is 2. The third-order valence-corrected chi connectivity index (χ3v) is 2.08. The summed E-state index contributed by atoms with van der Waals surface area (Å²) in [5, 5.41) is 0. The first-order chi connectivity index (χ1) is 5.69. The van der Waals surface area contributed by atoms with Gasteiger partial charge < -0.3 is 4.74 Å². The van der Waals surface area contributed by atoms with Crippen molar-refractivity contribution in [2.45, 2.75) is 0 Å². The summed E-state index contributed by atoms with van der Waals surface area (Å²) >= 11 is 3.10. The average Bonchev–Trinajstić information content (AvgIpc) is 2.08. The molecule has 1 rings (SSSR count). The Balaban J connectivity index is 3.25. The monoisotopic (exact) mass is 232 g/mol. The van der Waals surface area contributed by atoms with E-state index in [1.807, 2.05) is 0 Å². The number of carbonyl (C=O) groups excluding carboxylic acids is 1. The Morgan fingerprint density at radius 2 is 2.25 bits per heavy atom. The van der Waals surface area contributed by atoms with Crippen LogP contribution in [0, 0.1) is 5.82 Å². The second kappa shape index (κ2) is 3.67. The van der Waals surface area contributed by atoms with Crippen molar-refractivity contribution < 1.29 is 13.9 Å². The Bertz CT molecular complexity index is 312. The van der Waals surface area contributed by atoms with Crippen molar-refractivity contribution in [3.8, 4) is 5.75 Å². The molecule has 0 aliphatic rings. The number of aldehydes is 1. The fourth-order valence-electron chi connectivity index (χ4n) is 0.791. The molecule has 0 atom stereocenters. The molecule has 2 nitrogen and oxygen atoms in total. The molecule has 0 radical (unpaired) electrons. The summed E-state index contributed by atoms with van der Waals surface area (Å²) in [7, 11) is 1.37. The summed E-state index contributed by atoms with van der Waals surface area (Å²) in [4.78, 5) is 10.3. The molecule has 0 heterocycles. The normalized spacial score (nSPS) is 9.58. The summed E-state index contributed by atoms with van der Waals surface area (Å²) in [6.45, 7) is 0. The molecule has 1 aromatic carbocycles. The first kappa shape index (κ1) is 9.19. The maximum atomic E-state index is 12.9. The van der Waals surface area contributed by atoms with Crippen LogP contribution in [0.5, 0.6) is 5.75 Å². The number of methoxy groups -OCH3 is 1. The van der Waals surface area contributed by atoms with Gasteiger partial charge in [0.15, 0.2) is 17.9 Å². The van der Waals surface area contributed by atoms with Crippen LogP contribution in [0.3, 0.4) is 0 Å². The van der Waals surface area contributed by atoms with Crippen molar-refractivity contribution in [3.63, 3.8) is 0 Å². The quantitative estimate of drug-likeness (QED) is 0.733. The highest BCUT2D eigenvalue weighted by atomic mass is 79.9. The van der Waals surface area contributed by atoms with Crippen LogP contribution in [-0.2, 0) is 0 Å². The van der Waals surface area contributed by atoms with E-state index < -0.39 is 5.82 Å². The van der Waals surface area contributed by atoms with E-state index in [4.69, 9.17) is 4.74 Å². The van der Waals surface area contributed by atoms with Gasteiger partial charge in [-0.15, -0.1) is 0 Å². The Labute approximate surface area is 77.5 Å². The Morgan fingerprint density at radius 3 is 2.75 bits per heavy atom. The van der Waals surface area contributed by atoms with E-state index in [0.717, 1.165) is 6.07 Å². The van der Waals surface area contributed by atoms with Gasteiger partial charge >= 0.3 is 0 Å². The Morgan fingerprint density at radius 1 is 1.58 bits per heavy atom. The molecule has 0 amide bonds. The first-order valence-electron chi connectivity index (χ1n) is 3.17. The molecule has 64 valence electrons. The minimum Gasteiger partial charge on any atom is -0.494 e. The van der Waals surface area contributed by atoms with Crippen molar-refractivity contribution in [2.75, 3.05) is 7.11 Å². The molecule has 0 N–H and O–H groups in total. The van der Waals surface area contributed by atoms with Crippen LogP contribution in [0.25, 0.3) is 0 Å². The van der Waals surface area contributed by atoms with Crippen LogP contribution < -0.4 is 4.74 Å². The highest BCUT2D eigenvalue weighted by molar-refractivity contribution is 9.10. The lowest BCUT2D eigenvalue weighted by Gasteiger charge is -2.03. The third-order valence-electron chi connectivity index (χ3n) is 1.40. The van der Waals surface area contributed by atoms with Crippen LogP contribution >= 0.6 is 15.9 Å². The lowest BCUT2D eigenvalue weighted by molar-refractivity contribution is 0.112. The predicted molar refractivity (Wildman–Crippen MR) is 46.0 cm³/mol. The number of halogens is 2. The van der Waals surface area contributed by atoms with E-state index in [9.17, 15) is 9.18 Å². The number of ether oxygens (including phenoxy) is 1. The van der Waals surface area contributed by atoms with Gasteiger partial charge in [-0.25, -0.2) is 4.39 Å². The van der Waals surface area contributed by atoms with Crippen LogP contribution in [-0.4, -0.2) is 13.4 Å². The third kappa shape index (κ3) is 1.64. The zero-order valence-electron chi connectivity index (χ0n) is 6.30. The van der Waals surface area contributed by atoms with E-state index in [2.05, 4.69) is 15.9 Å². The van der Waals surface area contributed by atoms with Crippen molar-refractivity contribution in [1.82, 2.24) is 0 Å². The van der Waals surface area contributed by atoms with Crippen LogP contribution in [0.1, 0.15) is 10.4 Å². The molecular weight excluding hydrogens is 227 g/mol. The second-order valence-corrected chi connectivity index (χ2v) is 2.98. The molecule has 0 spiro atoms. The number of carbonyl (C=O) groups is 1. The van der Waals surface area contributed by atoms with Gasteiger partial charge in [0.05, 0.1) is 7.11 Å². The van der Waals surface area contributed by atoms with Gasteiger partial charge in [0.25, 0.3) is 0 Å². The zero-order valence-corrected chi connectivity index (χ0v) is 7.89. The van der Waals surface area contributed by atoms with E-state index in [1.54, 1.807) is 0 Å². The molecule has 0 aliphatic carbocycles. The zero-order chi connectivity index (χ0) is 9.14. The van der Waals surface area contributed by atoms with Crippen LogP contribution in [0.15, 0.2) is 16.6 Å². The average molecular weight is 233 g/mol. The van der Waals surface area contributed by atoms with Crippen molar-refractivity contribution >= 4 is 22.2 Å². The van der Waals surface area contributed by atoms with Gasteiger partial charge in [0.1, 0.15) is 0 Å².